The van der Waals surface area contributed by atoms with Crippen molar-refractivity contribution in [3.8, 4) is 5.75 Å². The second-order valence-electron chi connectivity index (χ2n) is 4.54. The Morgan fingerprint density at radius 1 is 1.00 bits per heavy atom. The molecule has 1 atom stereocenters. The second kappa shape index (κ2) is 5.54. The minimum atomic E-state index is -2.90. The van der Waals surface area contributed by atoms with E-state index in [0.717, 1.165) is 5.39 Å². The van der Waals surface area contributed by atoms with E-state index < -0.39 is 12.7 Å². The zero-order chi connectivity index (χ0) is 14.8. The van der Waals surface area contributed by atoms with Gasteiger partial charge < -0.3 is 14.3 Å². The van der Waals surface area contributed by atoms with Crippen LogP contribution in [0.1, 0.15) is 17.4 Å². The average molecular weight is 290 g/mol. The van der Waals surface area contributed by atoms with E-state index in [4.69, 9.17) is 4.42 Å². The summed E-state index contributed by atoms with van der Waals surface area (Å²) in [6.45, 7) is -2.90. The van der Waals surface area contributed by atoms with Crippen LogP contribution in [0.4, 0.5) is 8.78 Å². The van der Waals surface area contributed by atoms with Gasteiger partial charge in [-0.1, -0.05) is 30.3 Å². The van der Waals surface area contributed by atoms with Gasteiger partial charge in [0.1, 0.15) is 23.2 Å². The van der Waals surface area contributed by atoms with Gasteiger partial charge in [-0.2, -0.15) is 8.78 Å². The average Bonchev–Trinajstić information content (AvgIpc) is 2.90. The summed E-state index contributed by atoms with van der Waals surface area (Å²) in [5.41, 5.74) is 1.08. The first-order valence-electron chi connectivity index (χ1n) is 6.35. The minimum absolute atomic E-state index is 0.00217. The summed E-state index contributed by atoms with van der Waals surface area (Å²) >= 11 is 0. The van der Waals surface area contributed by atoms with Crippen LogP contribution in [-0.4, -0.2) is 11.7 Å². The van der Waals surface area contributed by atoms with Gasteiger partial charge in [0.15, 0.2) is 0 Å². The lowest BCUT2D eigenvalue weighted by atomic mass is 10.1. The molecule has 2 aromatic carbocycles. The first kappa shape index (κ1) is 13.6. The fourth-order valence-corrected chi connectivity index (χ4v) is 2.16. The number of hydrogen-bond acceptors (Lipinski definition) is 3. The van der Waals surface area contributed by atoms with Gasteiger partial charge >= 0.3 is 6.61 Å². The van der Waals surface area contributed by atoms with Crippen molar-refractivity contribution < 1.29 is 23.0 Å². The van der Waals surface area contributed by atoms with Crippen LogP contribution in [0.2, 0.25) is 0 Å². The normalized spacial score (nSPS) is 12.8. The van der Waals surface area contributed by atoms with Crippen molar-refractivity contribution in [2.75, 3.05) is 0 Å². The summed E-state index contributed by atoms with van der Waals surface area (Å²) in [6, 6.07) is 15.0. The maximum Gasteiger partial charge on any atom is 0.387 e. The van der Waals surface area contributed by atoms with Crippen molar-refractivity contribution in [1.82, 2.24) is 0 Å². The molecule has 1 unspecified atom stereocenters. The Kier molecular flexibility index (Phi) is 3.58. The number of aliphatic hydroxyl groups is 1. The molecule has 1 aromatic heterocycles. The predicted molar refractivity (Wildman–Crippen MR) is 73.3 cm³/mol. The molecular weight excluding hydrogens is 278 g/mol. The molecule has 0 radical (unpaired) electrons. The van der Waals surface area contributed by atoms with E-state index in [9.17, 15) is 13.9 Å². The highest BCUT2D eigenvalue weighted by molar-refractivity contribution is 5.77. The zero-order valence-corrected chi connectivity index (χ0v) is 10.9. The Morgan fingerprint density at radius 2 is 1.81 bits per heavy atom. The third-order valence-electron chi connectivity index (χ3n) is 3.11. The Morgan fingerprint density at radius 3 is 2.57 bits per heavy atom. The third kappa shape index (κ3) is 2.87. The van der Waals surface area contributed by atoms with Gasteiger partial charge in [0.05, 0.1) is 0 Å². The van der Waals surface area contributed by atoms with E-state index in [1.807, 2.05) is 18.2 Å². The summed E-state index contributed by atoms with van der Waals surface area (Å²) < 4.78 is 34.3. The molecule has 0 aliphatic carbocycles. The predicted octanol–water partition coefficient (Wildman–Crippen LogP) is 4.12. The van der Waals surface area contributed by atoms with Crippen LogP contribution in [0.5, 0.6) is 5.75 Å². The number of furan rings is 1. The molecule has 0 bridgehead atoms. The number of halogens is 2. The van der Waals surface area contributed by atoms with E-state index in [2.05, 4.69) is 4.74 Å². The fourth-order valence-electron chi connectivity index (χ4n) is 2.16. The summed E-state index contributed by atoms with van der Waals surface area (Å²) in [6.07, 6.45) is -1.04. The highest BCUT2D eigenvalue weighted by Crippen LogP contribution is 2.29. The van der Waals surface area contributed by atoms with Gasteiger partial charge in [-0.25, -0.2) is 0 Å². The molecule has 0 amide bonds. The molecule has 3 aromatic rings. The molecule has 0 aliphatic rings. The Hall–Kier alpha value is -2.40. The summed E-state index contributed by atoms with van der Waals surface area (Å²) in [5.74, 6) is 0.350. The monoisotopic (exact) mass is 290 g/mol. The quantitative estimate of drug-likeness (QED) is 0.786. The summed E-state index contributed by atoms with van der Waals surface area (Å²) in [5, 5.41) is 11.2. The molecule has 0 saturated heterocycles. The number of hydrogen-bond donors (Lipinski definition) is 1. The van der Waals surface area contributed by atoms with Crippen molar-refractivity contribution in [1.29, 1.82) is 0 Å². The molecule has 21 heavy (non-hydrogen) atoms. The largest absolute Gasteiger partial charge is 0.458 e. The van der Waals surface area contributed by atoms with E-state index in [-0.39, 0.29) is 5.75 Å². The third-order valence-corrected chi connectivity index (χ3v) is 3.11. The number of ether oxygens (including phenoxy) is 1. The van der Waals surface area contributed by atoms with Gasteiger partial charge in [0.25, 0.3) is 0 Å². The summed E-state index contributed by atoms with van der Waals surface area (Å²) in [4.78, 5) is 0. The molecule has 0 spiro atoms. The number of alkyl halides is 2. The van der Waals surface area contributed by atoms with Gasteiger partial charge in [0, 0.05) is 5.39 Å². The molecule has 5 heteroatoms. The molecule has 108 valence electrons. The van der Waals surface area contributed by atoms with Crippen molar-refractivity contribution in [2.24, 2.45) is 0 Å². The fraction of sp³-hybridized carbons (Fsp3) is 0.125. The molecule has 1 heterocycles. The lowest BCUT2D eigenvalue weighted by Gasteiger charge is -2.10. The number of para-hydroxylation sites is 1. The van der Waals surface area contributed by atoms with Crippen molar-refractivity contribution >= 4 is 11.0 Å². The summed E-state index contributed by atoms with van der Waals surface area (Å²) in [7, 11) is 0. The first-order chi connectivity index (χ1) is 10.1. The van der Waals surface area contributed by atoms with Crippen molar-refractivity contribution in [3.63, 3.8) is 0 Å². The number of rotatable bonds is 4. The standard InChI is InChI=1S/C16H12F2O3/c17-16(18)20-12-6-3-5-11(8-12)15(19)14-9-10-4-1-2-7-13(10)21-14/h1-9,15-16,19H. The van der Waals surface area contributed by atoms with Crippen molar-refractivity contribution in [2.45, 2.75) is 12.7 Å². The Bertz CT molecular complexity index is 719. The Labute approximate surface area is 119 Å². The molecule has 0 aliphatic heterocycles. The second-order valence-corrected chi connectivity index (χ2v) is 4.54. The molecule has 3 nitrogen and oxygen atoms in total. The number of benzene rings is 2. The van der Waals surface area contributed by atoms with Crippen LogP contribution in [0.25, 0.3) is 11.0 Å². The topological polar surface area (TPSA) is 42.6 Å². The molecule has 1 N–H and O–H groups in total. The highest BCUT2D eigenvalue weighted by Gasteiger charge is 2.16. The molecule has 3 rings (SSSR count). The Balaban J connectivity index is 1.92. The van der Waals surface area contributed by atoms with E-state index in [0.29, 0.717) is 16.9 Å². The van der Waals surface area contributed by atoms with E-state index in [1.165, 1.54) is 12.1 Å². The highest BCUT2D eigenvalue weighted by atomic mass is 19.3. The maximum absolute atomic E-state index is 12.2. The zero-order valence-electron chi connectivity index (χ0n) is 10.9. The lowest BCUT2D eigenvalue weighted by molar-refractivity contribution is -0.0499. The van der Waals surface area contributed by atoms with Gasteiger partial charge in [-0.3, -0.25) is 0 Å². The van der Waals surface area contributed by atoms with Crippen LogP contribution in [0, 0.1) is 0 Å². The van der Waals surface area contributed by atoms with Crippen LogP contribution >= 0.6 is 0 Å². The van der Waals surface area contributed by atoms with Crippen LogP contribution < -0.4 is 4.74 Å². The SMILES string of the molecule is OC(c1cccc(OC(F)F)c1)c1cc2ccccc2o1. The number of aliphatic hydroxyl groups excluding tert-OH is 1. The molecule has 0 fully saturated rings. The van der Waals surface area contributed by atoms with E-state index >= 15 is 0 Å². The maximum atomic E-state index is 12.2. The van der Waals surface area contributed by atoms with E-state index in [1.54, 1.807) is 24.3 Å². The molecule has 0 saturated carbocycles. The van der Waals surface area contributed by atoms with Crippen molar-refractivity contribution in [3.05, 3.63) is 65.9 Å². The van der Waals surface area contributed by atoms with Gasteiger partial charge in [0.2, 0.25) is 0 Å². The first-order valence-corrected chi connectivity index (χ1v) is 6.35. The number of fused-ring (bicyclic) bond motifs is 1. The van der Waals surface area contributed by atoms with Crippen LogP contribution in [0.15, 0.2) is 59.0 Å². The van der Waals surface area contributed by atoms with Crippen LogP contribution in [-0.2, 0) is 0 Å². The smallest absolute Gasteiger partial charge is 0.387 e. The molecular formula is C16H12F2O3. The van der Waals surface area contributed by atoms with Crippen LogP contribution in [0.3, 0.4) is 0 Å². The minimum Gasteiger partial charge on any atom is -0.458 e. The lowest BCUT2D eigenvalue weighted by Crippen LogP contribution is -2.03. The van der Waals surface area contributed by atoms with Gasteiger partial charge in [-0.15, -0.1) is 0 Å². The van der Waals surface area contributed by atoms with Gasteiger partial charge in [-0.05, 0) is 29.8 Å².